The van der Waals surface area contributed by atoms with Crippen molar-refractivity contribution in [3.8, 4) is 5.75 Å². The summed E-state index contributed by atoms with van der Waals surface area (Å²) < 4.78 is 34.6. The average Bonchev–Trinajstić information content (AvgIpc) is 3.17. The molecule has 0 aliphatic carbocycles. The summed E-state index contributed by atoms with van der Waals surface area (Å²) in [5, 5.41) is 12.6. The van der Waals surface area contributed by atoms with Gasteiger partial charge in [-0.2, -0.15) is 0 Å². The lowest BCUT2D eigenvalue weighted by Crippen LogP contribution is -2.69. The highest BCUT2D eigenvalue weighted by Crippen LogP contribution is 2.37. The highest BCUT2D eigenvalue weighted by molar-refractivity contribution is 6.00. The van der Waals surface area contributed by atoms with Crippen LogP contribution in [-0.2, 0) is 11.2 Å². The van der Waals surface area contributed by atoms with Gasteiger partial charge in [-0.15, -0.1) is 0 Å². The normalized spacial score (nSPS) is 23.3. The third kappa shape index (κ3) is 3.48. The number of morpholine rings is 1. The molecule has 180 valence electrons. The molecule has 34 heavy (non-hydrogen) atoms. The van der Waals surface area contributed by atoms with Gasteiger partial charge in [0.25, 0.3) is 5.91 Å². The van der Waals surface area contributed by atoms with Crippen LogP contribution in [0.5, 0.6) is 5.75 Å². The van der Waals surface area contributed by atoms with Gasteiger partial charge in [0, 0.05) is 24.7 Å². The number of amides is 1. The molecule has 1 N–H and O–H groups in total. The molecular weight excluding hydrogens is 448 g/mol. The highest BCUT2D eigenvalue weighted by Gasteiger charge is 2.51. The van der Waals surface area contributed by atoms with Gasteiger partial charge in [-0.1, -0.05) is 6.07 Å². The average molecular weight is 473 g/mol. The van der Waals surface area contributed by atoms with E-state index in [1.807, 2.05) is 18.9 Å². The molecular formula is C24H25F2N3O5. The molecule has 1 aromatic heterocycles. The number of pyridine rings is 1. The predicted octanol–water partition coefficient (Wildman–Crippen LogP) is 2.34. The summed E-state index contributed by atoms with van der Waals surface area (Å²) in [5.41, 5.74) is -1.27. The van der Waals surface area contributed by atoms with Crippen LogP contribution in [0, 0.1) is 11.6 Å². The second-order valence-corrected chi connectivity index (χ2v) is 9.29. The Hall–Kier alpha value is -3.27. The Kier molecular flexibility index (Phi) is 5.43. The van der Waals surface area contributed by atoms with Crippen molar-refractivity contribution in [3.05, 3.63) is 63.1 Å². The lowest BCUT2D eigenvalue weighted by molar-refractivity contribution is -0.0599. The summed E-state index contributed by atoms with van der Waals surface area (Å²) in [6.45, 7) is 4.14. The zero-order chi connectivity index (χ0) is 24.3. The number of hydrogen-bond donors (Lipinski definition) is 1. The SMILES string of the molecule is CC(C)N1C(=O)c2c(O)c(=O)c(C(=O)CCc3ccc(F)cc3F)cn2N2C[C@@H]3CC[C@@H](O3)[C@@H]12. The molecule has 1 amide bonds. The number of nitrogens with zero attached hydrogens (tertiary/aromatic N) is 3. The van der Waals surface area contributed by atoms with E-state index in [1.54, 1.807) is 4.90 Å². The fourth-order valence-corrected chi connectivity index (χ4v) is 5.21. The monoisotopic (exact) mass is 473 g/mol. The molecule has 3 atom stereocenters. The zero-order valence-electron chi connectivity index (χ0n) is 18.8. The van der Waals surface area contributed by atoms with Gasteiger partial charge in [0.1, 0.15) is 17.8 Å². The largest absolute Gasteiger partial charge is 0.502 e. The van der Waals surface area contributed by atoms with Crippen LogP contribution in [0.1, 0.15) is 59.5 Å². The molecule has 4 heterocycles. The summed E-state index contributed by atoms with van der Waals surface area (Å²) in [5.74, 6) is -3.40. The summed E-state index contributed by atoms with van der Waals surface area (Å²) in [6.07, 6.45) is 1.93. The van der Waals surface area contributed by atoms with Gasteiger partial charge in [-0.05, 0) is 44.7 Å². The minimum atomic E-state index is -0.942. The van der Waals surface area contributed by atoms with E-state index in [9.17, 15) is 28.3 Å². The molecule has 10 heteroatoms. The first-order chi connectivity index (χ1) is 16.2. The number of halogens is 2. The lowest BCUT2D eigenvalue weighted by atomic mass is 10.0. The Morgan fingerprint density at radius 1 is 1.24 bits per heavy atom. The van der Waals surface area contributed by atoms with Crippen LogP contribution in [0.2, 0.25) is 0 Å². The van der Waals surface area contributed by atoms with Crippen LogP contribution in [0.3, 0.4) is 0 Å². The summed E-state index contributed by atoms with van der Waals surface area (Å²) in [6, 6.07) is 2.87. The minimum Gasteiger partial charge on any atom is -0.502 e. The summed E-state index contributed by atoms with van der Waals surface area (Å²) >= 11 is 0. The highest BCUT2D eigenvalue weighted by atomic mass is 19.1. The Balaban J connectivity index is 1.53. The fraction of sp³-hybridized carbons (Fsp3) is 0.458. The number of carbonyl (C=O) groups is 2. The third-order valence-corrected chi connectivity index (χ3v) is 6.83. The number of hydrogen-bond acceptors (Lipinski definition) is 6. The molecule has 2 bridgehead atoms. The standard InChI is InChI=1S/C24H25F2N3O5/c1-12(2)29-23-19-8-6-15(34-19)10-28(23)27-11-16(21(31)22(32)20(27)24(29)33)18(30)7-4-13-3-5-14(25)9-17(13)26/h3,5,9,11-12,15,19,23,32H,4,6-8,10H2,1-2H3/t15-,19+,23+/m0/s1. The number of ether oxygens (including phenoxy) is 1. The van der Waals surface area contributed by atoms with Crippen LogP contribution >= 0.6 is 0 Å². The van der Waals surface area contributed by atoms with E-state index in [0.717, 1.165) is 25.0 Å². The van der Waals surface area contributed by atoms with E-state index in [0.29, 0.717) is 6.54 Å². The molecule has 3 aliphatic rings. The first-order valence-corrected chi connectivity index (χ1v) is 11.4. The molecule has 2 saturated heterocycles. The molecule has 0 spiro atoms. The van der Waals surface area contributed by atoms with E-state index in [1.165, 1.54) is 16.9 Å². The Morgan fingerprint density at radius 2 is 2.00 bits per heavy atom. The van der Waals surface area contributed by atoms with Crippen molar-refractivity contribution in [2.24, 2.45) is 0 Å². The Labute approximate surface area is 194 Å². The van der Waals surface area contributed by atoms with Gasteiger partial charge < -0.3 is 14.7 Å². The molecule has 5 rings (SSSR count). The van der Waals surface area contributed by atoms with E-state index in [-0.39, 0.29) is 47.9 Å². The van der Waals surface area contributed by atoms with Gasteiger partial charge in [0.2, 0.25) is 5.43 Å². The van der Waals surface area contributed by atoms with Gasteiger partial charge in [0.05, 0.1) is 24.3 Å². The zero-order valence-corrected chi connectivity index (χ0v) is 18.8. The molecule has 2 aromatic rings. The number of aromatic nitrogens is 1. The molecule has 0 saturated carbocycles. The van der Waals surface area contributed by atoms with Crippen LogP contribution in [-0.4, -0.2) is 57.3 Å². The van der Waals surface area contributed by atoms with E-state index in [4.69, 9.17) is 4.74 Å². The number of benzene rings is 1. The van der Waals surface area contributed by atoms with Crippen LogP contribution in [0.25, 0.3) is 0 Å². The second-order valence-electron chi connectivity index (χ2n) is 9.29. The fourth-order valence-electron chi connectivity index (χ4n) is 5.21. The van der Waals surface area contributed by atoms with Gasteiger partial charge in [0.15, 0.2) is 17.2 Å². The van der Waals surface area contributed by atoms with Crippen LogP contribution in [0.4, 0.5) is 8.78 Å². The smallest absolute Gasteiger partial charge is 0.278 e. The lowest BCUT2D eigenvalue weighted by Gasteiger charge is -2.52. The second kappa shape index (κ2) is 8.19. The van der Waals surface area contributed by atoms with Crippen LogP contribution < -0.4 is 10.4 Å². The maximum Gasteiger partial charge on any atom is 0.278 e. The molecule has 3 aliphatic heterocycles. The van der Waals surface area contributed by atoms with Gasteiger partial charge >= 0.3 is 0 Å². The van der Waals surface area contributed by atoms with E-state index >= 15 is 0 Å². The van der Waals surface area contributed by atoms with Gasteiger partial charge in [-0.3, -0.25) is 24.1 Å². The quantitative estimate of drug-likeness (QED) is 0.671. The third-order valence-electron chi connectivity index (χ3n) is 6.83. The van der Waals surface area contributed by atoms with Crippen molar-refractivity contribution in [3.63, 3.8) is 0 Å². The molecule has 1 aromatic carbocycles. The maximum absolute atomic E-state index is 14.0. The summed E-state index contributed by atoms with van der Waals surface area (Å²) in [7, 11) is 0. The first kappa shape index (κ1) is 22.5. The maximum atomic E-state index is 14.0. The summed E-state index contributed by atoms with van der Waals surface area (Å²) in [4.78, 5) is 40.9. The molecule has 8 nitrogen and oxygen atoms in total. The Morgan fingerprint density at radius 3 is 2.71 bits per heavy atom. The number of carbonyl (C=O) groups excluding carboxylic acids is 2. The van der Waals surface area contributed by atoms with Gasteiger partial charge in [-0.25, -0.2) is 8.78 Å². The van der Waals surface area contributed by atoms with Crippen molar-refractivity contribution < 1.29 is 28.2 Å². The van der Waals surface area contributed by atoms with E-state index in [2.05, 4.69) is 0 Å². The number of Topliss-reactive ketones (excluding diaryl/α,β-unsaturated/α-hetero) is 1. The van der Waals surface area contributed by atoms with Crippen molar-refractivity contribution in [1.82, 2.24) is 9.58 Å². The van der Waals surface area contributed by atoms with Crippen molar-refractivity contribution in [1.29, 1.82) is 0 Å². The number of fused-ring (bicyclic) bond motifs is 6. The topological polar surface area (TPSA) is 92.1 Å². The van der Waals surface area contributed by atoms with E-state index < -0.39 is 40.7 Å². The van der Waals surface area contributed by atoms with Crippen molar-refractivity contribution in [2.45, 2.75) is 63.9 Å². The Bertz CT molecular complexity index is 1240. The molecule has 0 unspecified atom stereocenters. The number of aryl methyl sites for hydroxylation is 1. The number of ketones is 1. The molecule has 0 radical (unpaired) electrons. The van der Waals surface area contributed by atoms with Crippen molar-refractivity contribution in [2.75, 3.05) is 11.6 Å². The number of rotatable bonds is 5. The van der Waals surface area contributed by atoms with Crippen LogP contribution in [0.15, 0.2) is 29.2 Å². The first-order valence-electron chi connectivity index (χ1n) is 11.4. The molecule has 2 fully saturated rings. The minimum absolute atomic E-state index is 0.0444. The number of aromatic hydroxyl groups is 1. The predicted molar refractivity (Wildman–Crippen MR) is 117 cm³/mol. The van der Waals surface area contributed by atoms with Crippen molar-refractivity contribution >= 4 is 11.7 Å².